The van der Waals surface area contributed by atoms with Gasteiger partial charge in [-0.2, -0.15) is 0 Å². The van der Waals surface area contributed by atoms with Crippen LogP contribution in [-0.2, 0) is 4.74 Å². The number of ether oxygens (including phenoxy) is 1. The lowest BCUT2D eigenvalue weighted by Gasteiger charge is -2.09. The molecule has 0 saturated heterocycles. The molecule has 0 bridgehead atoms. The maximum absolute atomic E-state index is 12.9. The van der Waals surface area contributed by atoms with E-state index >= 15 is 0 Å². The Hall–Kier alpha value is -2.73. The van der Waals surface area contributed by atoms with E-state index in [2.05, 4.69) is 10.3 Å². The number of carbonyl (C=O) groups is 2. The largest absolute Gasteiger partial charge is 0.462 e. The highest BCUT2D eigenvalue weighted by molar-refractivity contribution is 7.15. The number of thiophene rings is 1. The van der Waals surface area contributed by atoms with Crippen LogP contribution < -0.4 is 5.32 Å². The molecule has 0 spiro atoms. The van der Waals surface area contributed by atoms with Gasteiger partial charge in [0.05, 0.1) is 23.3 Å². The van der Waals surface area contributed by atoms with Crippen LogP contribution in [0, 0.1) is 0 Å². The van der Waals surface area contributed by atoms with Crippen molar-refractivity contribution in [2.45, 2.75) is 25.7 Å². The van der Waals surface area contributed by atoms with Gasteiger partial charge in [0.15, 0.2) is 0 Å². The summed E-state index contributed by atoms with van der Waals surface area (Å²) in [5.41, 5.74) is 2.79. The van der Waals surface area contributed by atoms with Crippen molar-refractivity contribution < 1.29 is 14.3 Å². The molecule has 26 heavy (non-hydrogen) atoms. The second-order valence-electron chi connectivity index (χ2n) is 6.22. The molecular formula is C20H18N2O3S. The molecule has 1 aliphatic carbocycles. The topological polar surface area (TPSA) is 68.3 Å². The summed E-state index contributed by atoms with van der Waals surface area (Å²) in [5, 5.41) is 6.21. The Labute approximate surface area is 155 Å². The number of pyridine rings is 1. The van der Waals surface area contributed by atoms with E-state index in [9.17, 15) is 9.59 Å². The van der Waals surface area contributed by atoms with Gasteiger partial charge in [-0.05, 0) is 48.8 Å². The molecule has 5 nitrogen and oxygen atoms in total. The van der Waals surface area contributed by atoms with Gasteiger partial charge in [0.25, 0.3) is 5.91 Å². The number of anilines is 1. The molecule has 1 N–H and O–H groups in total. The molecule has 2 heterocycles. The number of hydrogen-bond donors (Lipinski definition) is 1. The molecule has 0 atom stereocenters. The number of aromatic nitrogens is 1. The lowest BCUT2D eigenvalue weighted by atomic mass is 10.1. The van der Waals surface area contributed by atoms with Crippen LogP contribution in [0.1, 0.15) is 52.0 Å². The maximum Gasteiger partial charge on any atom is 0.341 e. The van der Waals surface area contributed by atoms with Gasteiger partial charge in [0.1, 0.15) is 5.00 Å². The summed E-state index contributed by atoms with van der Waals surface area (Å²) in [6, 6.07) is 9.19. The molecular weight excluding hydrogens is 348 g/mol. The minimum absolute atomic E-state index is 0.252. The number of amides is 1. The van der Waals surface area contributed by atoms with Crippen molar-refractivity contribution in [3.8, 4) is 0 Å². The van der Waals surface area contributed by atoms with E-state index in [1.807, 2.05) is 29.6 Å². The predicted octanol–water partition coefficient (Wildman–Crippen LogP) is 4.60. The third-order valence-electron chi connectivity index (χ3n) is 4.44. The van der Waals surface area contributed by atoms with Crippen molar-refractivity contribution in [1.29, 1.82) is 0 Å². The summed E-state index contributed by atoms with van der Waals surface area (Å²) >= 11 is 1.38. The van der Waals surface area contributed by atoms with E-state index in [1.165, 1.54) is 11.3 Å². The third kappa shape index (κ3) is 3.08. The fraction of sp³-hybridized carbons (Fsp3) is 0.250. The number of esters is 1. The fourth-order valence-corrected chi connectivity index (χ4v) is 4.06. The highest BCUT2D eigenvalue weighted by Gasteiger charge is 2.32. The summed E-state index contributed by atoms with van der Waals surface area (Å²) in [5.74, 6) is -0.220. The van der Waals surface area contributed by atoms with E-state index in [0.717, 1.165) is 29.3 Å². The van der Waals surface area contributed by atoms with Gasteiger partial charge in [-0.1, -0.05) is 18.2 Å². The van der Waals surface area contributed by atoms with Crippen LogP contribution in [0.5, 0.6) is 0 Å². The first-order valence-corrected chi connectivity index (χ1v) is 9.50. The average molecular weight is 366 g/mol. The molecule has 3 aromatic rings. The number of fused-ring (bicyclic) bond motifs is 1. The number of nitrogens with one attached hydrogen (secondary N) is 1. The molecule has 1 amide bonds. The number of rotatable bonds is 5. The van der Waals surface area contributed by atoms with Crippen LogP contribution in [0.3, 0.4) is 0 Å². The lowest BCUT2D eigenvalue weighted by molar-refractivity contribution is 0.0527. The van der Waals surface area contributed by atoms with Crippen molar-refractivity contribution in [3.63, 3.8) is 0 Å². The van der Waals surface area contributed by atoms with Crippen molar-refractivity contribution in [3.05, 3.63) is 58.6 Å². The van der Waals surface area contributed by atoms with Gasteiger partial charge in [-0.25, -0.2) is 4.79 Å². The van der Waals surface area contributed by atoms with Crippen LogP contribution in [0.4, 0.5) is 5.00 Å². The first-order valence-electron chi connectivity index (χ1n) is 8.62. The van der Waals surface area contributed by atoms with Crippen molar-refractivity contribution >= 4 is 39.1 Å². The summed E-state index contributed by atoms with van der Waals surface area (Å²) in [4.78, 5) is 29.6. The van der Waals surface area contributed by atoms with Crippen molar-refractivity contribution in [1.82, 2.24) is 4.98 Å². The van der Waals surface area contributed by atoms with Gasteiger partial charge in [-0.15, -0.1) is 11.3 Å². The number of para-hydroxylation sites is 1. The van der Waals surface area contributed by atoms with Crippen LogP contribution in [-0.4, -0.2) is 23.5 Å². The first kappa shape index (κ1) is 16.7. The zero-order valence-corrected chi connectivity index (χ0v) is 15.1. The molecule has 1 aromatic carbocycles. The lowest BCUT2D eigenvalue weighted by Crippen LogP contribution is -2.15. The quantitative estimate of drug-likeness (QED) is 0.670. The summed E-state index contributed by atoms with van der Waals surface area (Å²) in [7, 11) is 0. The van der Waals surface area contributed by atoms with Crippen LogP contribution >= 0.6 is 11.3 Å². The Morgan fingerprint density at radius 2 is 2.08 bits per heavy atom. The average Bonchev–Trinajstić information content (AvgIpc) is 3.42. The smallest absolute Gasteiger partial charge is 0.341 e. The van der Waals surface area contributed by atoms with Gasteiger partial charge in [-0.3, -0.25) is 9.78 Å². The van der Waals surface area contributed by atoms with E-state index in [1.54, 1.807) is 19.2 Å². The molecule has 0 unspecified atom stereocenters. The Morgan fingerprint density at radius 3 is 2.85 bits per heavy atom. The molecule has 132 valence electrons. The van der Waals surface area contributed by atoms with Gasteiger partial charge in [0.2, 0.25) is 0 Å². The third-order valence-corrected chi connectivity index (χ3v) is 5.35. The molecule has 1 fully saturated rings. The van der Waals surface area contributed by atoms with E-state index in [0.29, 0.717) is 28.7 Å². The standard InChI is InChI=1S/C20H18N2O3S/c1-2-25-20(24)17-15(12-7-8-12)11-26-19(17)22-18(23)14-9-10-21-16-6-4-3-5-13(14)16/h3-6,9-12H,2,7-8H2,1H3,(H,22,23). The number of carbonyl (C=O) groups excluding carboxylic acids is 2. The molecule has 1 saturated carbocycles. The second kappa shape index (κ2) is 6.88. The molecule has 1 aliphatic rings. The number of nitrogens with zero attached hydrogens (tertiary/aromatic N) is 1. The van der Waals surface area contributed by atoms with E-state index < -0.39 is 0 Å². The Balaban J connectivity index is 1.68. The zero-order valence-electron chi connectivity index (χ0n) is 14.3. The fourth-order valence-electron chi connectivity index (χ4n) is 3.04. The Kier molecular flexibility index (Phi) is 4.42. The molecule has 4 rings (SSSR count). The van der Waals surface area contributed by atoms with Crippen molar-refractivity contribution in [2.75, 3.05) is 11.9 Å². The van der Waals surface area contributed by atoms with Crippen molar-refractivity contribution in [2.24, 2.45) is 0 Å². The van der Waals surface area contributed by atoms with Crippen LogP contribution in [0.25, 0.3) is 10.9 Å². The SMILES string of the molecule is CCOC(=O)c1c(C2CC2)csc1NC(=O)c1ccnc2ccccc12. The molecule has 0 aliphatic heterocycles. The maximum atomic E-state index is 12.9. The zero-order chi connectivity index (χ0) is 18.1. The normalized spacial score (nSPS) is 13.6. The number of benzene rings is 1. The van der Waals surface area contributed by atoms with E-state index in [4.69, 9.17) is 4.74 Å². The molecule has 2 aromatic heterocycles. The van der Waals surface area contributed by atoms with Crippen LogP contribution in [0.15, 0.2) is 41.9 Å². The summed E-state index contributed by atoms with van der Waals surface area (Å²) < 4.78 is 5.21. The Morgan fingerprint density at radius 1 is 1.27 bits per heavy atom. The number of hydrogen-bond acceptors (Lipinski definition) is 5. The minimum Gasteiger partial charge on any atom is -0.462 e. The predicted molar refractivity (Wildman–Crippen MR) is 102 cm³/mol. The highest BCUT2D eigenvalue weighted by Crippen LogP contribution is 2.46. The molecule has 0 radical (unpaired) electrons. The summed E-state index contributed by atoms with van der Waals surface area (Å²) in [6.45, 7) is 2.09. The Bertz CT molecular complexity index is 986. The monoisotopic (exact) mass is 366 g/mol. The molecule has 6 heteroatoms. The van der Waals surface area contributed by atoms with Gasteiger partial charge in [0, 0.05) is 11.6 Å². The second-order valence-corrected chi connectivity index (χ2v) is 7.10. The minimum atomic E-state index is -0.370. The van der Waals surface area contributed by atoms with E-state index in [-0.39, 0.29) is 11.9 Å². The highest BCUT2D eigenvalue weighted by atomic mass is 32.1. The first-order chi connectivity index (χ1) is 12.7. The van der Waals surface area contributed by atoms with Gasteiger partial charge >= 0.3 is 5.97 Å². The summed E-state index contributed by atoms with van der Waals surface area (Å²) in [6.07, 6.45) is 3.77. The van der Waals surface area contributed by atoms with Gasteiger partial charge < -0.3 is 10.1 Å². The van der Waals surface area contributed by atoms with Crippen LogP contribution in [0.2, 0.25) is 0 Å².